The van der Waals surface area contributed by atoms with Gasteiger partial charge < -0.3 is 10.2 Å². The van der Waals surface area contributed by atoms with Crippen LogP contribution < -0.4 is 5.32 Å². The van der Waals surface area contributed by atoms with Crippen LogP contribution in [0.3, 0.4) is 0 Å². The van der Waals surface area contributed by atoms with E-state index in [-0.39, 0.29) is 22.8 Å². The molecule has 0 unspecified atom stereocenters. The molecule has 1 fully saturated rings. The van der Waals surface area contributed by atoms with E-state index in [1.165, 1.54) is 0 Å². The van der Waals surface area contributed by atoms with Gasteiger partial charge in [0.2, 0.25) is 5.91 Å². The van der Waals surface area contributed by atoms with Gasteiger partial charge in [0.05, 0.1) is 6.04 Å². The maximum atomic E-state index is 12.6. The zero-order valence-electron chi connectivity index (χ0n) is 13.0. The number of nitrogens with zero attached hydrogens (tertiary/aromatic N) is 1. The van der Waals surface area contributed by atoms with Crippen molar-refractivity contribution in [3.63, 3.8) is 0 Å². The van der Waals surface area contributed by atoms with E-state index in [2.05, 4.69) is 51.8 Å². The normalized spacial score (nSPS) is 21.1. The molecule has 0 aliphatic carbocycles. The Morgan fingerprint density at radius 2 is 1.61 bits per heavy atom. The highest BCUT2D eigenvalue weighted by Crippen LogP contribution is 2.22. The molecule has 1 aliphatic heterocycles. The Hall–Kier alpha value is -0.570. The van der Waals surface area contributed by atoms with Crippen LogP contribution >= 0.6 is 0 Å². The fourth-order valence-electron chi connectivity index (χ4n) is 2.47. The molecule has 1 saturated heterocycles. The molecule has 3 nitrogen and oxygen atoms in total. The number of hydrogen-bond acceptors (Lipinski definition) is 2. The van der Waals surface area contributed by atoms with Crippen LogP contribution in [-0.4, -0.2) is 36.5 Å². The molecular weight excluding hydrogens is 224 g/mol. The van der Waals surface area contributed by atoms with E-state index < -0.39 is 0 Å². The van der Waals surface area contributed by atoms with Gasteiger partial charge in [0.15, 0.2) is 0 Å². The topological polar surface area (TPSA) is 32.3 Å². The highest BCUT2D eigenvalue weighted by atomic mass is 16.2. The summed E-state index contributed by atoms with van der Waals surface area (Å²) in [5, 5.41) is 3.32. The molecule has 1 amide bonds. The zero-order chi connectivity index (χ0) is 14.0. The Bertz CT molecular complexity index is 264. The lowest BCUT2D eigenvalue weighted by molar-refractivity contribution is -0.135. The molecule has 1 heterocycles. The van der Waals surface area contributed by atoms with Gasteiger partial charge in [0.1, 0.15) is 0 Å². The number of nitrogens with one attached hydrogen (secondary N) is 1. The van der Waals surface area contributed by atoms with Gasteiger partial charge in [0.25, 0.3) is 0 Å². The highest BCUT2D eigenvalue weighted by molar-refractivity contribution is 5.82. The number of carbonyl (C=O) groups is 1. The summed E-state index contributed by atoms with van der Waals surface area (Å²) in [6, 6.07) is 0.0506. The van der Waals surface area contributed by atoms with Crippen molar-refractivity contribution in [2.45, 2.75) is 60.4 Å². The second kappa shape index (κ2) is 5.60. The van der Waals surface area contributed by atoms with Crippen LogP contribution in [0.15, 0.2) is 0 Å². The molecular formula is C15H30N2O. The Morgan fingerprint density at radius 1 is 1.11 bits per heavy atom. The molecule has 1 atom stereocenters. The second-order valence-corrected chi connectivity index (χ2v) is 7.96. The molecule has 1 aliphatic rings. The molecule has 0 bridgehead atoms. The average Bonchev–Trinajstić information content (AvgIpc) is 2.63. The summed E-state index contributed by atoms with van der Waals surface area (Å²) in [6.45, 7) is 15.8. The lowest BCUT2D eigenvalue weighted by atomic mass is 9.91. The first-order valence-electron chi connectivity index (χ1n) is 7.11. The molecule has 3 heteroatoms. The molecule has 1 N–H and O–H groups in total. The van der Waals surface area contributed by atoms with Gasteiger partial charge >= 0.3 is 0 Å². The Morgan fingerprint density at radius 3 is 1.94 bits per heavy atom. The van der Waals surface area contributed by atoms with Crippen molar-refractivity contribution < 1.29 is 4.79 Å². The third-order valence-electron chi connectivity index (χ3n) is 3.00. The smallest absolute Gasteiger partial charge is 0.239 e. The van der Waals surface area contributed by atoms with Crippen molar-refractivity contribution in [3.05, 3.63) is 0 Å². The first kappa shape index (κ1) is 15.5. The molecule has 0 aromatic carbocycles. The van der Waals surface area contributed by atoms with E-state index in [4.69, 9.17) is 0 Å². The summed E-state index contributed by atoms with van der Waals surface area (Å²) in [5.74, 6) is 0.289. The predicted octanol–water partition coefficient (Wildman–Crippen LogP) is 2.66. The van der Waals surface area contributed by atoms with Crippen LogP contribution in [0.4, 0.5) is 0 Å². The molecule has 0 spiro atoms. The van der Waals surface area contributed by atoms with Crippen molar-refractivity contribution >= 4 is 5.91 Å². The molecule has 0 saturated carbocycles. The molecule has 0 radical (unpaired) electrons. The van der Waals surface area contributed by atoms with Gasteiger partial charge in [-0.1, -0.05) is 41.5 Å². The van der Waals surface area contributed by atoms with Gasteiger partial charge in [-0.05, 0) is 30.2 Å². The lowest BCUT2D eigenvalue weighted by Crippen LogP contribution is -2.49. The van der Waals surface area contributed by atoms with Crippen LogP contribution in [0.1, 0.15) is 54.4 Å². The lowest BCUT2D eigenvalue weighted by Gasteiger charge is -2.36. The van der Waals surface area contributed by atoms with Crippen molar-refractivity contribution in [1.29, 1.82) is 0 Å². The minimum atomic E-state index is 0.0506. The number of carbonyl (C=O) groups excluding carboxylic acids is 1. The van der Waals surface area contributed by atoms with Crippen LogP contribution in [0.25, 0.3) is 0 Å². The highest BCUT2D eigenvalue weighted by Gasteiger charge is 2.31. The zero-order valence-corrected chi connectivity index (χ0v) is 13.0. The van der Waals surface area contributed by atoms with Gasteiger partial charge in [-0.3, -0.25) is 4.79 Å². The Balaban J connectivity index is 2.72. The second-order valence-electron chi connectivity index (χ2n) is 7.96. The summed E-state index contributed by atoms with van der Waals surface area (Å²) in [5.41, 5.74) is 0.305. The SMILES string of the molecule is CC(C)(C)CN(CC(C)(C)C)C(=O)[C@@H]1CCCN1. The average molecular weight is 254 g/mol. The van der Waals surface area contributed by atoms with Gasteiger partial charge in [-0.25, -0.2) is 0 Å². The van der Waals surface area contributed by atoms with E-state index >= 15 is 0 Å². The largest absolute Gasteiger partial charge is 0.340 e. The van der Waals surface area contributed by atoms with Gasteiger partial charge in [-0.2, -0.15) is 0 Å². The minimum absolute atomic E-state index is 0.0506. The third kappa shape index (κ3) is 5.38. The quantitative estimate of drug-likeness (QED) is 0.840. The number of hydrogen-bond donors (Lipinski definition) is 1. The van der Waals surface area contributed by atoms with Crippen molar-refractivity contribution in [2.75, 3.05) is 19.6 Å². The molecule has 0 aromatic heterocycles. The summed E-state index contributed by atoms with van der Waals surface area (Å²) in [4.78, 5) is 14.6. The van der Waals surface area contributed by atoms with E-state index in [0.717, 1.165) is 32.5 Å². The van der Waals surface area contributed by atoms with Crippen LogP contribution in [0.2, 0.25) is 0 Å². The summed E-state index contributed by atoms with van der Waals surface area (Å²) in [7, 11) is 0. The predicted molar refractivity (Wildman–Crippen MR) is 76.5 cm³/mol. The summed E-state index contributed by atoms with van der Waals surface area (Å²) >= 11 is 0. The molecule has 1 rings (SSSR count). The summed E-state index contributed by atoms with van der Waals surface area (Å²) in [6.07, 6.45) is 2.11. The monoisotopic (exact) mass is 254 g/mol. The van der Waals surface area contributed by atoms with E-state index in [1.807, 2.05) is 0 Å². The molecule has 0 aromatic rings. The Labute approximate surface area is 112 Å². The van der Waals surface area contributed by atoms with Crippen molar-refractivity contribution in [1.82, 2.24) is 10.2 Å². The number of amides is 1. The van der Waals surface area contributed by atoms with Crippen molar-refractivity contribution in [3.8, 4) is 0 Å². The van der Waals surface area contributed by atoms with E-state index in [0.29, 0.717) is 0 Å². The fraction of sp³-hybridized carbons (Fsp3) is 0.933. The molecule has 106 valence electrons. The Kier molecular flexibility index (Phi) is 4.82. The van der Waals surface area contributed by atoms with Gasteiger partial charge in [-0.15, -0.1) is 0 Å². The first-order valence-corrected chi connectivity index (χ1v) is 7.11. The number of rotatable bonds is 3. The van der Waals surface area contributed by atoms with Crippen LogP contribution in [0, 0.1) is 10.8 Å². The van der Waals surface area contributed by atoms with E-state index in [1.54, 1.807) is 0 Å². The van der Waals surface area contributed by atoms with Crippen LogP contribution in [-0.2, 0) is 4.79 Å². The first-order chi connectivity index (χ1) is 8.08. The van der Waals surface area contributed by atoms with E-state index in [9.17, 15) is 4.79 Å². The third-order valence-corrected chi connectivity index (χ3v) is 3.00. The minimum Gasteiger partial charge on any atom is -0.340 e. The van der Waals surface area contributed by atoms with Gasteiger partial charge in [0, 0.05) is 13.1 Å². The van der Waals surface area contributed by atoms with Crippen molar-refractivity contribution in [2.24, 2.45) is 10.8 Å². The molecule has 18 heavy (non-hydrogen) atoms. The maximum Gasteiger partial charge on any atom is 0.239 e. The maximum absolute atomic E-state index is 12.6. The fourth-order valence-corrected chi connectivity index (χ4v) is 2.47. The van der Waals surface area contributed by atoms with Crippen LogP contribution in [0.5, 0.6) is 0 Å². The standard InChI is InChI=1S/C15H30N2O/c1-14(2,3)10-17(11-15(4,5)6)13(18)12-8-7-9-16-12/h12,16H,7-11H2,1-6H3/t12-/m0/s1. The summed E-state index contributed by atoms with van der Waals surface area (Å²) < 4.78 is 0.